The Morgan fingerprint density at radius 2 is 1.76 bits per heavy atom. The van der Waals surface area contributed by atoms with Crippen LogP contribution in [0.2, 0.25) is 0 Å². The number of guanidine groups is 1. The van der Waals surface area contributed by atoms with Crippen LogP contribution in [0.4, 0.5) is 0 Å². The molecule has 0 unspecified atom stereocenters. The van der Waals surface area contributed by atoms with Crippen LogP contribution in [0.25, 0.3) is 0 Å². The molecule has 0 saturated carbocycles. The fourth-order valence-electron chi connectivity index (χ4n) is 3.77. The first-order valence-electron chi connectivity index (χ1n) is 10.3. The van der Waals surface area contributed by atoms with Crippen molar-refractivity contribution >= 4 is 29.9 Å². The van der Waals surface area contributed by atoms with Crippen molar-refractivity contribution in [2.24, 2.45) is 4.99 Å². The van der Waals surface area contributed by atoms with Gasteiger partial charge >= 0.3 is 0 Å². The summed E-state index contributed by atoms with van der Waals surface area (Å²) >= 11 is 0. The molecule has 1 aliphatic rings. The summed E-state index contributed by atoms with van der Waals surface area (Å²) in [5.74, 6) is 1.91. The molecule has 2 heterocycles. The van der Waals surface area contributed by atoms with Crippen molar-refractivity contribution in [3.05, 3.63) is 52.4 Å². The highest BCUT2D eigenvalue weighted by Gasteiger charge is 2.20. The van der Waals surface area contributed by atoms with E-state index in [1.165, 1.54) is 16.7 Å². The van der Waals surface area contributed by atoms with E-state index in [1.54, 1.807) is 0 Å². The van der Waals surface area contributed by atoms with Gasteiger partial charge in [-0.05, 0) is 39.7 Å². The predicted molar refractivity (Wildman–Crippen MR) is 129 cm³/mol. The third-order valence-corrected chi connectivity index (χ3v) is 5.01. The summed E-state index contributed by atoms with van der Waals surface area (Å²) in [5.41, 5.74) is 5.03. The molecule has 7 heteroatoms. The number of hydrogen-bond donors (Lipinski definition) is 1. The molecule has 1 aromatic heterocycles. The molecule has 1 aliphatic heterocycles. The van der Waals surface area contributed by atoms with Gasteiger partial charge in [0.05, 0.1) is 5.69 Å². The molecule has 0 amide bonds. The van der Waals surface area contributed by atoms with Gasteiger partial charge in [0.2, 0.25) is 0 Å². The van der Waals surface area contributed by atoms with Crippen LogP contribution in [0.3, 0.4) is 0 Å². The molecule has 29 heavy (non-hydrogen) atoms. The van der Waals surface area contributed by atoms with E-state index in [4.69, 9.17) is 9.52 Å². The van der Waals surface area contributed by atoms with E-state index < -0.39 is 0 Å². The average Bonchev–Trinajstić information content (AvgIpc) is 3.06. The van der Waals surface area contributed by atoms with Gasteiger partial charge in [0.15, 0.2) is 5.96 Å². The van der Waals surface area contributed by atoms with Crippen molar-refractivity contribution in [2.75, 3.05) is 39.3 Å². The van der Waals surface area contributed by atoms with E-state index in [2.05, 4.69) is 59.2 Å². The van der Waals surface area contributed by atoms with Gasteiger partial charge in [-0.3, -0.25) is 9.89 Å². The van der Waals surface area contributed by atoms with Gasteiger partial charge in [0.1, 0.15) is 5.76 Å². The first-order valence-corrected chi connectivity index (χ1v) is 10.3. The Kier molecular flexibility index (Phi) is 9.42. The van der Waals surface area contributed by atoms with Crippen LogP contribution in [0.15, 0.2) is 33.8 Å². The highest BCUT2D eigenvalue weighted by Crippen LogP contribution is 2.11. The Hall–Kier alpha value is -1.61. The van der Waals surface area contributed by atoms with Gasteiger partial charge in [-0.25, -0.2) is 0 Å². The van der Waals surface area contributed by atoms with Crippen molar-refractivity contribution in [3.8, 4) is 0 Å². The Morgan fingerprint density at radius 3 is 2.34 bits per heavy atom. The van der Waals surface area contributed by atoms with Crippen LogP contribution in [0, 0.1) is 20.8 Å². The second-order valence-corrected chi connectivity index (χ2v) is 7.67. The molecule has 0 aliphatic carbocycles. The summed E-state index contributed by atoms with van der Waals surface area (Å²) in [6.45, 7) is 14.9. The molecule has 1 saturated heterocycles. The van der Waals surface area contributed by atoms with E-state index in [9.17, 15) is 0 Å². The molecule has 0 bridgehead atoms. The number of piperazine rings is 1. The van der Waals surface area contributed by atoms with Gasteiger partial charge in [-0.15, -0.1) is 24.0 Å². The quantitative estimate of drug-likeness (QED) is 0.366. The van der Waals surface area contributed by atoms with Gasteiger partial charge in [-0.2, -0.15) is 0 Å². The molecule has 6 nitrogen and oxygen atoms in total. The molecule has 1 N–H and O–H groups in total. The molecule has 3 rings (SSSR count). The number of hydrogen-bond acceptors (Lipinski definition) is 4. The molecular formula is C22H34IN5O. The molecule has 1 aromatic carbocycles. The minimum absolute atomic E-state index is 0. The second kappa shape index (κ2) is 11.5. The summed E-state index contributed by atoms with van der Waals surface area (Å²) in [6.07, 6.45) is 0.975. The third-order valence-electron chi connectivity index (χ3n) is 5.01. The minimum atomic E-state index is 0. The molecule has 1 fully saturated rings. The van der Waals surface area contributed by atoms with Crippen LogP contribution in [-0.2, 0) is 13.0 Å². The maximum Gasteiger partial charge on any atom is 0.194 e. The lowest BCUT2D eigenvalue weighted by atomic mass is 10.1. The summed E-state index contributed by atoms with van der Waals surface area (Å²) < 4.78 is 5.18. The summed E-state index contributed by atoms with van der Waals surface area (Å²) in [6, 6.07) is 8.77. The van der Waals surface area contributed by atoms with Gasteiger partial charge in [-0.1, -0.05) is 34.5 Å². The third kappa shape index (κ3) is 7.29. The summed E-state index contributed by atoms with van der Waals surface area (Å²) in [5, 5.41) is 7.57. The lowest BCUT2D eigenvalue weighted by Crippen LogP contribution is -2.52. The molecule has 2 aromatic rings. The highest BCUT2D eigenvalue weighted by molar-refractivity contribution is 14.0. The number of aryl methyl sites for hydroxylation is 3. The summed E-state index contributed by atoms with van der Waals surface area (Å²) in [4.78, 5) is 9.68. The number of aromatic nitrogens is 1. The molecule has 0 radical (unpaired) electrons. The first kappa shape index (κ1) is 23.7. The Labute approximate surface area is 191 Å². The van der Waals surface area contributed by atoms with Crippen LogP contribution in [0.5, 0.6) is 0 Å². The van der Waals surface area contributed by atoms with Gasteiger partial charge < -0.3 is 14.7 Å². The normalized spacial score (nSPS) is 15.3. The fourth-order valence-corrected chi connectivity index (χ4v) is 3.77. The number of halogens is 1. The molecule has 0 spiro atoms. The topological polar surface area (TPSA) is 56.9 Å². The Balaban J connectivity index is 0.00000300. The van der Waals surface area contributed by atoms with E-state index in [0.717, 1.165) is 69.6 Å². The maximum absolute atomic E-state index is 5.18. The van der Waals surface area contributed by atoms with Crippen LogP contribution in [0.1, 0.15) is 35.1 Å². The predicted octanol–water partition coefficient (Wildman–Crippen LogP) is 3.54. The number of aliphatic imine (C=N–C) groups is 1. The maximum atomic E-state index is 5.18. The van der Waals surface area contributed by atoms with Crippen molar-refractivity contribution in [2.45, 2.75) is 40.7 Å². The zero-order valence-corrected chi connectivity index (χ0v) is 20.4. The summed E-state index contributed by atoms with van der Waals surface area (Å²) in [7, 11) is 0. The van der Waals surface area contributed by atoms with E-state index in [0.29, 0.717) is 0 Å². The van der Waals surface area contributed by atoms with Gasteiger partial charge in [0, 0.05) is 51.9 Å². The van der Waals surface area contributed by atoms with Crippen molar-refractivity contribution in [1.82, 2.24) is 20.3 Å². The van der Waals surface area contributed by atoms with E-state index in [-0.39, 0.29) is 24.0 Å². The van der Waals surface area contributed by atoms with Crippen molar-refractivity contribution in [3.63, 3.8) is 0 Å². The lowest BCUT2D eigenvalue weighted by Gasteiger charge is -2.36. The Morgan fingerprint density at radius 1 is 1.07 bits per heavy atom. The zero-order chi connectivity index (χ0) is 19.9. The van der Waals surface area contributed by atoms with Crippen molar-refractivity contribution < 1.29 is 4.52 Å². The monoisotopic (exact) mass is 511 g/mol. The van der Waals surface area contributed by atoms with Crippen LogP contribution in [-0.4, -0.2) is 60.2 Å². The first-order chi connectivity index (χ1) is 13.5. The number of nitrogens with zero attached hydrogens (tertiary/aromatic N) is 4. The SMILES string of the molecule is CCNC(=NCCc1cc(C)cc(C)c1)N1CCN(Cc2cc(C)on2)CC1.I. The number of nitrogens with one attached hydrogen (secondary N) is 1. The van der Waals surface area contributed by atoms with Crippen LogP contribution < -0.4 is 5.32 Å². The smallest absolute Gasteiger partial charge is 0.194 e. The fraction of sp³-hybridized carbons (Fsp3) is 0.545. The highest BCUT2D eigenvalue weighted by atomic mass is 127. The largest absolute Gasteiger partial charge is 0.361 e. The number of benzene rings is 1. The van der Waals surface area contributed by atoms with Crippen molar-refractivity contribution in [1.29, 1.82) is 0 Å². The lowest BCUT2D eigenvalue weighted by molar-refractivity contribution is 0.169. The standard InChI is InChI=1S/C22H33N5O.HI/c1-5-23-22(24-7-6-20-13-17(2)12-18(3)14-20)27-10-8-26(9-11-27)16-21-15-19(4)28-25-21;/h12-15H,5-11,16H2,1-4H3,(H,23,24);1H. The zero-order valence-electron chi connectivity index (χ0n) is 18.1. The van der Waals surface area contributed by atoms with Crippen LogP contribution >= 0.6 is 24.0 Å². The Bertz CT molecular complexity index is 776. The van der Waals surface area contributed by atoms with E-state index in [1.807, 2.05) is 13.0 Å². The average molecular weight is 511 g/mol. The molecule has 160 valence electrons. The number of rotatable bonds is 6. The van der Waals surface area contributed by atoms with E-state index >= 15 is 0 Å². The minimum Gasteiger partial charge on any atom is -0.361 e. The molecule has 0 atom stereocenters. The second-order valence-electron chi connectivity index (χ2n) is 7.67. The van der Waals surface area contributed by atoms with Gasteiger partial charge in [0.25, 0.3) is 0 Å². The molecular weight excluding hydrogens is 477 g/mol.